The van der Waals surface area contributed by atoms with Gasteiger partial charge in [-0.25, -0.2) is 4.39 Å². The standard InChI is InChI=1S/C24H19FN2O2/c25-21-7-3-1-5-17(21)11-14-23(28)26-20-12-9-19(10-13-20)24(29)27-16-15-18-6-2-4-8-22(18)27/h1-14H,15-16H2,(H,26,28)/b14-11+. The number of rotatable bonds is 4. The van der Waals surface area contributed by atoms with Crippen molar-refractivity contribution >= 4 is 29.3 Å². The van der Waals surface area contributed by atoms with Crippen LogP contribution < -0.4 is 10.2 Å². The fourth-order valence-electron chi connectivity index (χ4n) is 3.36. The second-order valence-corrected chi connectivity index (χ2v) is 6.76. The van der Waals surface area contributed by atoms with Gasteiger partial charge in [0.2, 0.25) is 5.91 Å². The minimum absolute atomic E-state index is 0.0627. The van der Waals surface area contributed by atoms with Gasteiger partial charge in [0, 0.05) is 35.1 Å². The lowest BCUT2D eigenvalue weighted by molar-refractivity contribution is -0.111. The van der Waals surface area contributed by atoms with Gasteiger partial charge in [-0.2, -0.15) is 0 Å². The van der Waals surface area contributed by atoms with Gasteiger partial charge in [0.25, 0.3) is 5.91 Å². The van der Waals surface area contributed by atoms with E-state index in [0.29, 0.717) is 23.4 Å². The number of para-hydroxylation sites is 1. The normalized spacial score (nSPS) is 12.8. The monoisotopic (exact) mass is 386 g/mol. The molecule has 144 valence electrons. The topological polar surface area (TPSA) is 49.4 Å². The van der Waals surface area contributed by atoms with Gasteiger partial charge in [-0.1, -0.05) is 36.4 Å². The molecule has 0 unspecified atom stereocenters. The van der Waals surface area contributed by atoms with Crippen molar-refractivity contribution in [3.05, 3.63) is 101 Å². The van der Waals surface area contributed by atoms with Crippen LogP contribution in [-0.2, 0) is 11.2 Å². The molecule has 0 radical (unpaired) electrons. The maximum atomic E-state index is 13.6. The van der Waals surface area contributed by atoms with E-state index in [-0.39, 0.29) is 17.6 Å². The molecule has 3 aromatic rings. The van der Waals surface area contributed by atoms with Gasteiger partial charge in [-0.05, 0) is 54.5 Å². The molecule has 0 saturated heterocycles. The van der Waals surface area contributed by atoms with Crippen molar-refractivity contribution in [3.63, 3.8) is 0 Å². The van der Waals surface area contributed by atoms with E-state index >= 15 is 0 Å². The summed E-state index contributed by atoms with van der Waals surface area (Å²) >= 11 is 0. The molecule has 1 N–H and O–H groups in total. The molecule has 4 rings (SSSR count). The second kappa shape index (κ2) is 8.10. The highest BCUT2D eigenvalue weighted by Gasteiger charge is 2.24. The van der Waals surface area contributed by atoms with E-state index in [2.05, 4.69) is 5.32 Å². The van der Waals surface area contributed by atoms with Gasteiger partial charge in [0.15, 0.2) is 0 Å². The smallest absolute Gasteiger partial charge is 0.258 e. The van der Waals surface area contributed by atoms with Gasteiger partial charge < -0.3 is 10.2 Å². The summed E-state index contributed by atoms with van der Waals surface area (Å²) in [6.07, 6.45) is 3.55. The molecule has 0 fully saturated rings. The molecule has 0 atom stereocenters. The average molecular weight is 386 g/mol. The van der Waals surface area contributed by atoms with E-state index in [4.69, 9.17) is 0 Å². The number of hydrogen-bond acceptors (Lipinski definition) is 2. The van der Waals surface area contributed by atoms with Crippen LogP contribution in [0.3, 0.4) is 0 Å². The Morgan fingerprint density at radius 3 is 2.45 bits per heavy atom. The molecule has 0 bridgehead atoms. The first kappa shape index (κ1) is 18.6. The Morgan fingerprint density at radius 1 is 0.931 bits per heavy atom. The van der Waals surface area contributed by atoms with Crippen molar-refractivity contribution < 1.29 is 14.0 Å². The Balaban J connectivity index is 1.41. The van der Waals surface area contributed by atoms with Crippen molar-refractivity contribution in [3.8, 4) is 0 Å². The fraction of sp³-hybridized carbons (Fsp3) is 0.0833. The number of carbonyl (C=O) groups is 2. The number of amides is 2. The number of fused-ring (bicyclic) bond motifs is 1. The summed E-state index contributed by atoms with van der Waals surface area (Å²) in [5.74, 6) is -0.823. The van der Waals surface area contributed by atoms with E-state index in [9.17, 15) is 14.0 Å². The Bertz CT molecular complexity index is 1090. The SMILES string of the molecule is O=C(/C=C/c1ccccc1F)Nc1ccc(C(=O)N2CCc3ccccc32)cc1. The zero-order chi connectivity index (χ0) is 20.2. The quantitative estimate of drug-likeness (QED) is 0.662. The van der Waals surface area contributed by atoms with Crippen LogP contribution in [0.25, 0.3) is 6.08 Å². The molecule has 1 aliphatic rings. The van der Waals surface area contributed by atoms with Crippen molar-refractivity contribution in [1.82, 2.24) is 0 Å². The maximum Gasteiger partial charge on any atom is 0.258 e. The molecule has 3 aromatic carbocycles. The predicted octanol–water partition coefficient (Wildman–Crippen LogP) is 4.68. The van der Waals surface area contributed by atoms with Crippen molar-refractivity contribution in [2.24, 2.45) is 0 Å². The Labute approximate surface area is 168 Å². The maximum absolute atomic E-state index is 13.6. The van der Waals surface area contributed by atoms with Crippen LogP contribution in [0, 0.1) is 5.82 Å². The average Bonchev–Trinajstić information content (AvgIpc) is 3.17. The largest absolute Gasteiger partial charge is 0.323 e. The van der Waals surface area contributed by atoms with Crippen LogP contribution in [0.5, 0.6) is 0 Å². The van der Waals surface area contributed by atoms with Crippen LogP contribution in [0.4, 0.5) is 15.8 Å². The Kier molecular flexibility index (Phi) is 5.20. The highest BCUT2D eigenvalue weighted by Crippen LogP contribution is 2.29. The summed E-state index contributed by atoms with van der Waals surface area (Å²) in [5.41, 5.74) is 3.59. The molecular weight excluding hydrogens is 367 g/mol. The minimum Gasteiger partial charge on any atom is -0.323 e. The van der Waals surface area contributed by atoms with Crippen LogP contribution in [-0.4, -0.2) is 18.4 Å². The first-order valence-corrected chi connectivity index (χ1v) is 9.35. The molecule has 0 aromatic heterocycles. The van der Waals surface area contributed by atoms with Gasteiger partial charge in [-0.3, -0.25) is 9.59 Å². The highest BCUT2D eigenvalue weighted by molar-refractivity contribution is 6.08. The molecule has 4 nitrogen and oxygen atoms in total. The number of hydrogen-bond donors (Lipinski definition) is 1. The molecule has 0 saturated carbocycles. The minimum atomic E-state index is -0.386. The number of anilines is 2. The van der Waals surface area contributed by atoms with Crippen LogP contribution in [0.15, 0.2) is 78.9 Å². The molecule has 29 heavy (non-hydrogen) atoms. The first-order chi connectivity index (χ1) is 14.1. The van der Waals surface area contributed by atoms with Crippen LogP contribution in [0.2, 0.25) is 0 Å². The number of benzene rings is 3. The van der Waals surface area contributed by atoms with Crippen molar-refractivity contribution in [2.75, 3.05) is 16.8 Å². The summed E-state index contributed by atoms with van der Waals surface area (Å²) in [6, 6.07) is 20.9. The molecule has 0 aliphatic carbocycles. The van der Waals surface area contributed by atoms with E-state index in [1.54, 1.807) is 47.4 Å². The Morgan fingerprint density at radius 2 is 1.66 bits per heavy atom. The summed E-state index contributed by atoms with van der Waals surface area (Å²) in [7, 11) is 0. The highest BCUT2D eigenvalue weighted by atomic mass is 19.1. The number of halogens is 1. The number of carbonyl (C=O) groups excluding carboxylic acids is 2. The zero-order valence-corrected chi connectivity index (χ0v) is 15.6. The summed E-state index contributed by atoms with van der Waals surface area (Å²) in [6.45, 7) is 0.664. The van der Waals surface area contributed by atoms with E-state index < -0.39 is 0 Å². The lowest BCUT2D eigenvalue weighted by Gasteiger charge is -2.17. The predicted molar refractivity (Wildman–Crippen MR) is 112 cm³/mol. The molecule has 1 heterocycles. The molecule has 5 heteroatoms. The van der Waals surface area contributed by atoms with Crippen molar-refractivity contribution in [1.29, 1.82) is 0 Å². The summed E-state index contributed by atoms with van der Waals surface area (Å²) in [5, 5.41) is 2.71. The van der Waals surface area contributed by atoms with Gasteiger partial charge in [0.1, 0.15) is 5.82 Å². The van der Waals surface area contributed by atoms with Gasteiger partial charge in [-0.15, -0.1) is 0 Å². The first-order valence-electron chi connectivity index (χ1n) is 9.35. The van der Waals surface area contributed by atoms with E-state index in [1.807, 2.05) is 24.3 Å². The fourth-order valence-corrected chi connectivity index (χ4v) is 3.36. The summed E-state index contributed by atoms with van der Waals surface area (Å²) in [4.78, 5) is 26.7. The van der Waals surface area contributed by atoms with Crippen LogP contribution in [0.1, 0.15) is 21.5 Å². The number of nitrogens with one attached hydrogen (secondary N) is 1. The van der Waals surface area contributed by atoms with Gasteiger partial charge >= 0.3 is 0 Å². The third-order valence-corrected chi connectivity index (χ3v) is 4.85. The number of nitrogens with zero attached hydrogens (tertiary/aromatic N) is 1. The molecule has 2 amide bonds. The lowest BCUT2D eigenvalue weighted by Crippen LogP contribution is -2.28. The third kappa shape index (κ3) is 4.09. The zero-order valence-electron chi connectivity index (χ0n) is 15.6. The molecular formula is C24H19FN2O2. The third-order valence-electron chi connectivity index (χ3n) is 4.85. The van der Waals surface area contributed by atoms with Crippen LogP contribution >= 0.6 is 0 Å². The second-order valence-electron chi connectivity index (χ2n) is 6.76. The summed E-state index contributed by atoms with van der Waals surface area (Å²) < 4.78 is 13.6. The molecule has 1 aliphatic heterocycles. The van der Waals surface area contributed by atoms with Crippen molar-refractivity contribution in [2.45, 2.75) is 6.42 Å². The van der Waals surface area contributed by atoms with E-state index in [0.717, 1.165) is 12.1 Å². The van der Waals surface area contributed by atoms with Gasteiger partial charge in [0.05, 0.1) is 0 Å². The Hall–Kier alpha value is -3.73. The molecule has 0 spiro atoms. The van der Waals surface area contributed by atoms with E-state index in [1.165, 1.54) is 23.8 Å². The lowest BCUT2D eigenvalue weighted by atomic mass is 10.1.